The Balaban J connectivity index is 0.00000196. The topological polar surface area (TPSA) is 38.3 Å². The maximum atomic E-state index is 10.9. The van der Waals surface area contributed by atoms with Gasteiger partial charge < -0.3 is 5.32 Å². The molecule has 86 valence electrons. The molecule has 0 saturated carbocycles. The number of hydrogen-bond acceptors (Lipinski definition) is 3. The molecular formula is C11H19NO2S. The molecule has 0 bridgehead atoms. The van der Waals surface area contributed by atoms with Gasteiger partial charge in [0.2, 0.25) is 0 Å². The van der Waals surface area contributed by atoms with Gasteiger partial charge in [0.05, 0.1) is 12.9 Å². The Morgan fingerprint density at radius 3 is 2.60 bits per heavy atom. The van der Waals surface area contributed by atoms with Crippen LogP contribution in [-0.4, -0.2) is 23.6 Å². The molecule has 1 aromatic rings. The van der Waals surface area contributed by atoms with E-state index in [1.807, 2.05) is 30.3 Å². The van der Waals surface area contributed by atoms with Gasteiger partial charge >= 0.3 is 0 Å². The summed E-state index contributed by atoms with van der Waals surface area (Å²) in [6.07, 6.45) is 0.843. The van der Waals surface area contributed by atoms with Crippen LogP contribution in [-0.2, 0) is 15.3 Å². The zero-order valence-electron chi connectivity index (χ0n) is 8.23. The van der Waals surface area contributed by atoms with Crippen LogP contribution < -0.4 is 5.32 Å². The predicted molar refractivity (Wildman–Crippen MR) is 66.3 cm³/mol. The summed E-state index contributed by atoms with van der Waals surface area (Å²) in [5.41, 5.74) is 1.09. The largest absolute Gasteiger partial charge is 0.385 e. The van der Waals surface area contributed by atoms with Gasteiger partial charge in [0.1, 0.15) is 0 Å². The Morgan fingerprint density at radius 2 is 2.00 bits per heavy atom. The van der Waals surface area contributed by atoms with E-state index in [9.17, 15) is 4.21 Å². The van der Waals surface area contributed by atoms with Crippen molar-refractivity contribution in [2.24, 2.45) is 0 Å². The van der Waals surface area contributed by atoms with Crippen molar-refractivity contribution >= 4 is 16.8 Å². The molecule has 0 aliphatic heterocycles. The third-order valence-corrected chi connectivity index (χ3v) is 2.77. The molecule has 1 unspecified atom stereocenters. The van der Waals surface area contributed by atoms with Crippen molar-refractivity contribution in [2.75, 3.05) is 24.7 Å². The minimum absolute atomic E-state index is 0. The molecule has 3 nitrogen and oxygen atoms in total. The number of benzene rings is 1. The SMILES string of the molecule is C.COS(=O)CCCNc1ccccc1. The molecule has 0 aromatic heterocycles. The van der Waals surface area contributed by atoms with Crippen molar-refractivity contribution in [3.05, 3.63) is 30.3 Å². The third kappa shape index (κ3) is 6.25. The molecule has 4 heteroatoms. The molecule has 0 heterocycles. The molecule has 1 aromatic carbocycles. The second-order valence-corrected chi connectivity index (χ2v) is 4.17. The molecule has 1 rings (SSSR count). The number of para-hydroxylation sites is 1. The van der Waals surface area contributed by atoms with E-state index in [0.717, 1.165) is 18.7 Å². The second kappa shape index (κ2) is 8.44. The van der Waals surface area contributed by atoms with Crippen LogP contribution >= 0.6 is 0 Å². The number of anilines is 1. The first-order chi connectivity index (χ1) is 6.83. The zero-order valence-corrected chi connectivity index (χ0v) is 9.05. The summed E-state index contributed by atoms with van der Waals surface area (Å²) in [5.74, 6) is 0.580. The average Bonchev–Trinajstić information content (AvgIpc) is 2.25. The van der Waals surface area contributed by atoms with Crippen LogP contribution in [0, 0.1) is 0 Å². The van der Waals surface area contributed by atoms with Crippen LogP contribution in [0.5, 0.6) is 0 Å². The van der Waals surface area contributed by atoms with Gasteiger partial charge in [-0.1, -0.05) is 25.6 Å². The van der Waals surface area contributed by atoms with Crippen molar-refractivity contribution in [1.29, 1.82) is 0 Å². The highest BCUT2D eigenvalue weighted by Crippen LogP contribution is 2.04. The molecule has 0 radical (unpaired) electrons. The summed E-state index contributed by atoms with van der Waals surface area (Å²) in [5, 5.41) is 3.23. The first-order valence-corrected chi connectivity index (χ1v) is 5.79. The van der Waals surface area contributed by atoms with E-state index in [-0.39, 0.29) is 7.43 Å². The molecule has 1 N–H and O–H groups in total. The van der Waals surface area contributed by atoms with Gasteiger partial charge in [0.25, 0.3) is 0 Å². The summed E-state index contributed by atoms with van der Waals surface area (Å²) in [6, 6.07) is 9.96. The van der Waals surface area contributed by atoms with E-state index in [2.05, 4.69) is 9.50 Å². The van der Waals surface area contributed by atoms with Gasteiger partial charge in [0.15, 0.2) is 11.1 Å². The first kappa shape index (κ1) is 14.1. The van der Waals surface area contributed by atoms with Gasteiger partial charge in [-0.2, -0.15) is 0 Å². The Hall–Kier alpha value is -0.870. The van der Waals surface area contributed by atoms with Crippen molar-refractivity contribution in [3.8, 4) is 0 Å². The van der Waals surface area contributed by atoms with Gasteiger partial charge in [-0.25, -0.2) is 4.21 Å². The van der Waals surface area contributed by atoms with Crippen molar-refractivity contribution < 1.29 is 8.39 Å². The summed E-state index contributed by atoms with van der Waals surface area (Å²) in [7, 11) is 1.46. The second-order valence-electron chi connectivity index (χ2n) is 2.82. The number of nitrogens with one attached hydrogen (secondary N) is 1. The van der Waals surface area contributed by atoms with Gasteiger partial charge in [0, 0.05) is 12.2 Å². The van der Waals surface area contributed by atoms with Crippen molar-refractivity contribution in [2.45, 2.75) is 13.8 Å². The highest BCUT2D eigenvalue weighted by molar-refractivity contribution is 7.80. The molecular weight excluding hydrogens is 210 g/mol. The highest BCUT2D eigenvalue weighted by Gasteiger charge is 1.96. The molecule has 1 atom stereocenters. The Bertz CT molecular complexity index is 277. The van der Waals surface area contributed by atoms with E-state index < -0.39 is 11.1 Å². The normalized spacial score (nSPS) is 11.5. The lowest BCUT2D eigenvalue weighted by Gasteiger charge is -2.04. The first-order valence-electron chi connectivity index (χ1n) is 4.54. The molecule has 0 aliphatic carbocycles. The molecule has 0 spiro atoms. The van der Waals surface area contributed by atoms with E-state index in [0.29, 0.717) is 5.75 Å². The predicted octanol–water partition coefficient (Wildman–Crippen LogP) is 2.43. The summed E-state index contributed by atoms with van der Waals surface area (Å²) in [6.45, 7) is 0.819. The lowest BCUT2D eigenvalue weighted by molar-refractivity contribution is 0.445. The van der Waals surface area contributed by atoms with Crippen LogP contribution in [0.25, 0.3) is 0 Å². The molecule has 15 heavy (non-hydrogen) atoms. The van der Waals surface area contributed by atoms with Crippen LogP contribution in [0.4, 0.5) is 5.69 Å². The Labute approximate surface area is 94.5 Å². The molecule has 0 aliphatic rings. The van der Waals surface area contributed by atoms with E-state index in [1.165, 1.54) is 7.11 Å². The fourth-order valence-electron chi connectivity index (χ4n) is 1.06. The lowest BCUT2D eigenvalue weighted by Crippen LogP contribution is -2.07. The Morgan fingerprint density at radius 1 is 1.33 bits per heavy atom. The summed E-state index contributed by atoms with van der Waals surface area (Å²) in [4.78, 5) is 0. The molecule has 0 amide bonds. The number of rotatable bonds is 6. The van der Waals surface area contributed by atoms with Crippen LogP contribution in [0.15, 0.2) is 30.3 Å². The van der Waals surface area contributed by atoms with Crippen LogP contribution in [0.2, 0.25) is 0 Å². The van der Waals surface area contributed by atoms with Crippen molar-refractivity contribution in [3.63, 3.8) is 0 Å². The zero-order chi connectivity index (χ0) is 10.2. The van der Waals surface area contributed by atoms with Gasteiger partial charge in [-0.3, -0.25) is 4.18 Å². The van der Waals surface area contributed by atoms with Crippen LogP contribution in [0.1, 0.15) is 13.8 Å². The minimum atomic E-state index is -1.12. The standard InChI is InChI=1S/C10H15NO2S.CH4/c1-13-14(12)9-5-8-11-10-6-3-2-4-7-10;/h2-4,6-7,11H,5,8-9H2,1H3;1H4. The molecule has 0 saturated heterocycles. The fraction of sp³-hybridized carbons (Fsp3) is 0.455. The smallest absolute Gasteiger partial charge is 0.155 e. The quantitative estimate of drug-likeness (QED) is 0.761. The summed E-state index contributed by atoms with van der Waals surface area (Å²) < 4.78 is 15.5. The molecule has 0 fully saturated rings. The average molecular weight is 229 g/mol. The third-order valence-electron chi connectivity index (χ3n) is 1.78. The van der Waals surface area contributed by atoms with Crippen molar-refractivity contribution in [1.82, 2.24) is 0 Å². The van der Waals surface area contributed by atoms with Gasteiger partial charge in [-0.05, 0) is 18.6 Å². The van der Waals surface area contributed by atoms with E-state index >= 15 is 0 Å². The highest BCUT2D eigenvalue weighted by atomic mass is 32.2. The minimum Gasteiger partial charge on any atom is -0.385 e. The lowest BCUT2D eigenvalue weighted by atomic mass is 10.3. The summed E-state index contributed by atoms with van der Waals surface area (Å²) >= 11 is -1.12. The monoisotopic (exact) mass is 229 g/mol. The van der Waals surface area contributed by atoms with E-state index in [1.54, 1.807) is 0 Å². The van der Waals surface area contributed by atoms with Crippen LogP contribution in [0.3, 0.4) is 0 Å². The maximum absolute atomic E-state index is 10.9. The van der Waals surface area contributed by atoms with E-state index in [4.69, 9.17) is 0 Å². The number of hydrogen-bond donors (Lipinski definition) is 1. The fourth-order valence-corrected chi connectivity index (χ4v) is 1.61. The van der Waals surface area contributed by atoms with Gasteiger partial charge in [-0.15, -0.1) is 0 Å². The maximum Gasteiger partial charge on any atom is 0.155 e. The Kier molecular flexibility index (Phi) is 7.95.